The van der Waals surface area contributed by atoms with Gasteiger partial charge >= 0.3 is 0 Å². The lowest BCUT2D eigenvalue weighted by Crippen LogP contribution is -2.40. The molecule has 0 aliphatic carbocycles. The summed E-state index contributed by atoms with van der Waals surface area (Å²) in [5.74, 6) is -2.07. The molecule has 0 radical (unpaired) electrons. The van der Waals surface area contributed by atoms with Crippen LogP contribution in [0.4, 0.5) is 13.9 Å². The highest BCUT2D eigenvalue weighted by molar-refractivity contribution is 7.15. The van der Waals surface area contributed by atoms with Gasteiger partial charge in [0.25, 0.3) is 0 Å². The van der Waals surface area contributed by atoms with Gasteiger partial charge < -0.3 is 10.2 Å². The third kappa shape index (κ3) is 4.80. The number of nitrogens with one attached hydrogen (secondary N) is 1. The molecule has 1 N–H and O–H groups in total. The number of halogens is 2. The first kappa shape index (κ1) is 21.1. The van der Waals surface area contributed by atoms with E-state index in [1.165, 1.54) is 24.3 Å². The average molecular weight is 442 g/mol. The minimum Gasteiger partial charge on any atom is -0.335 e. The number of rotatable bonds is 5. The zero-order chi connectivity index (χ0) is 22.0. The molecule has 0 saturated heterocycles. The molecule has 31 heavy (non-hydrogen) atoms. The topological polar surface area (TPSA) is 62.3 Å². The molecule has 8 heteroatoms. The second-order valence-electron chi connectivity index (χ2n) is 7.49. The molecule has 1 atom stereocenters. The second-order valence-corrected chi connectivity index (χ2v) is 8.60. The van der Waals surface area contributed by atoms with Gasteiger partial charge in [-0.25, -0.2) is 13.8 Å². The van der Waals surface area contributed by atoms with Crippen LogP contribution in [0.1, 0.15) is 41.0 Å². The third-order valence-electron chi connectivity index (χ3n) is 5.36. The zero-order valence-electron chi connectivity index (χ0n) is 16.9. The number of fused-ring (bicyclic) bond motifs is 1. The van der Waals surface area contributed by atoms with Gasteiger partial charge in [0, 0.05) is 31.0 Å². The molecule has 5 nitrogen and oxygen atoms in total. The number of hydrogen-bond acceptors (Lipinski definition) is 4. The van der Waals surface area contributed by atoms with Crippen molar-refractivity contribution in [1.82, 2.24) is 9.88 Å². The van der Waals surface area contributed by atoms with Crippen molar-refractivity contribution >= 4 is 28.3 Å². The molecule has 0 saturated carbocycles. The summed E-state index contributed by atoms with van der Waals surface area (Å²) >= 11 is 1.28. The van der Waals surface area contributed by atoms with Gasteiger partial charge in [0.15, 0.2) is 16.8 Å². The van der Waals surface area contributed by atoms with Crippen LogP contribution < -0.4 is 5.32 Å². The molecule has 2 heterocycles. The lowest BCUT2D eigenvalue weighted by molar-refractivity contribution is -0.132. The maximum Gasteiger partial charge on any atom is 0.228 e. The minimum atomic E-state index is -0.890. The summed E-state index contributed by atoms with van der Waals surface area (Å²) in [6.45, 7) is 2.10. The number of carbonyl (C=O) groups excluding carboxylic acids is 2. The van der Waals surface area contributed by atoms with Crippen molar-refractivity contribution in [1.29, 1.82) is 0 Å². The quantitative estimate of drug-likeness (QED) is 0.635. The van der Waals surface area contributed by atoms with Gasteiger partial charge in [-0.3, -0.25) is 9.59 Å². The van der Waals surface area contributed by atoms with Crippen LogP contribution >= 0.6 is 11.3 Å². The predicted octanol–water partition coefficient (Wildman–Crippen LogP) is 4.49. The maximum atomic E-state index is 13.4. The van der Waals surface area contributed by atoms with Crippen LogP contribution in [0.2, 0.25) is 0 Å². The molecule has 0 bridgehead atoms. The van der Waals surface area contributed by atoms with E-state index in [1.54, 1.807) is 11.1 Å². The van der Waals surface area contributed by atoms with E-state index in [1.807, 2.05) is 24.3 Å². The molecule has 1 aliphatic heterocycles. The van der Waals surface area contributed by atoms with Gasteiger partial charge in [0.2, 0.25) is 11.8 Å². The Kier molecular flexibility index (Phi) is 6.08. The predicted molar refractivity (Wildman–Crippen MR) is 115 cm³/mol. The van der Waals surface area contributed by atoms with Crippen LogP contribution in [-0.2, 0) is 22.4 Å². The Hall–Kier alpha value is -3.13. The number of aromatic nitrogens is 1. The highest BCUT2D eigenvalue weighted by atomic mass is 32.1. The van der Waals surface area contributed by atoms with Gasteiger partial charge in [0.1, 0.15) is 0 Å². The van der Waals surface area contributed by atoms with Gasteiger partial charge in [-0.05, 0) is 35.2 Å². The van der Waals surface area contributed by atoms with Crippen LogP contribution in [0.5, 0.6) is 0 Å². The molecule has 160 valence electrons. The second kappa shape index (κ2) is 8.93. The first-order valence-electron chi connectivity index (χ1n) is 9.94. The SMILES string of the molecule is CC(=O)N1CCc2ccccc2C1CC(=O)Nc1ncc(Cc2ccc(F)c(F)c2)s1. The summed E-state index contributed by atoms with van der Waals surface area (Å²) in [7, 11) is 0. The first-order valence-corrected chi connectivity index (χ1v) is 10.8. The number of thiazole rings is 1. The summed E-state index contributed by atoms with van der Waals surface area (Å²) in [6.07, 6.45) is 2.90. The highest BCUT2D eigenvalue weighted by Crippen LogP contribution is 2.33. The number of benzene rings is 2. The Labute approximate surface area is 182 Å². The van der Waals surface area contributed by atoms with Gasteiger partial charge in [-0.15, -0.1) is 11.3 Å². The Morgan fingerprint density at radius 2 is 2.00 bits per heavy atom. The normalized spacial score (nSPS) is 15.5. The zero-order valence-corrected chi connectivity index (χ0v) is 17.7. The van der Waals surface area contributed by atoms with E-state index in [2.05, 4.69) is 10.3 Å². The molecule has 3 aromatic rings. The van der Waals surface area contributed by atoms with E-state index < -0.39 is 11.6 Å². The van der Waals surface area contributed by atoms with Crippen molar-refractivity contribution in [2.24, 2.45) is 0 Å². The fourth-order valence-corrected chi connectivity index (χ4v) is 4.76. The van der Waals surface area contributed by atoms with Crippen LogP contribution in [0, 0.1) is 11.6 Å². The summed E-state index contributed by atoms with van der Waals surface area (Å²) in [4.78, 5) is 31.6. The van der Waals surface area contributed by atoms with Crippen molar-refractivity contribution in [2.45, 2.75) is 32.2 Å². The summed E-state index contributed by atoms with van der Waals surface area (Å²) in [6, 6.07) is 11.3. The van der Waals surface area contributed by atoms with E-state index in [9.17, 15) is 18.4 Å². The summed E-state index contributed by atoms with van der Waals surface area (Å²) in [5, 5.41) is 3.23. The van der Waals surface area contributed by atoms with E-state index in [-0.39, 0.29) is 24.3 Å². The summed E-state index contributed by atoms with van der Waals surface area (Å²) < 4.78 is 26.5. The molecule has 0 spiro atoms. The Bertz CT molecular complexity index is 1130. The lowest BCUT2D eigenvalue weighted by atomic mass is 9.90. The van der Waals surface area contributed by atoms with Crippen molar-refractivity contribution in [3.05, 3.63) is 81.9 Å². The fourth-order valence-electron chi connectivity index (χ4n) is 3.89. The van der Waals surface area contributed by atoms with Crippen molar-refractivity contribution < 1.29 is 18.4 Å². The van der Waals surface area contributed by atoms with E-state index in [4.69, 9.17) is 0 Å². The van der Waals surface area contributed by atoms with Gasteiger partial charge in [-0.2, -0.15) is 0 Å². The molecule has 2 aromatic carbocycles. The van der Waals surface area contributed by atoms with Crippen molar-refractivity contribution in [2.75, 3.05) is 11.9 Å². The number of carbonyl (C=O) groups is 2. The Morgan fingerprint density at radius 1 is 1.19 bits per heavy atom. The van der Waals surface area contributed by atoms with Crippen molar-refractivity contribution in [3.8, 4) is 0 Å². The highest BCUT2D eigenvalue weighted by Gasteiger charge is 2.30. The van der Waals surface area contributed by atoms with Gasteiger partial charge in [-0.1, -0.05) is 30.3 Å². The van der Waals surface area contributed by atoms with E-state index in [0.717, 1.165) is 34.6 Å². The van der Waals surface area contributed by atoms with Crippen molar-refractivity contribution in [3.63, 3.8) is 0 Å². The van der Waals surface area contributed by atoms with Crippen LogP contribution in [0.3, 0.4) is 0 Å². The number of nitrogens with zero attached hydrogens (tertiary/aromatic N) is 2. The summed E-state index contributed by atoms with van der Waals surface area (Å²) in [5.41, 5.74) is 2.77. The maximum absolute atomic E-state index is 13.4. The lowest BCUT2D eigenvalue weighted by Gasteiger charge is -2.36. The molecular weight excluding hydrogens is 420 g/mol. The fraction of sp³-hybridized carbons (Fsp3) is 0.261. The average Bonchev–Trinajstić information content (AvgIpc) is 3.17. The van der Waals surface area contributed by atoms with E-state index >= 15 is 0 Å². The van der Waals surface area contributed by atoms with E-state index in [0.29, 0.717) is 23.7 Å². The number of anilines is 1. The molecule has 1 aliphatic rings. The van der Waals surface area contributed by atoms with Gasteiger partial charge in [0.05, 0.1) is 12.5 Å². The third-order valence-corrected chi connectivity index (χ3v) is 6.27. The number of amides is 2. The van der Waals surface area contributed by atoms with Crippen LogP contribution in [0.15, 0.2) is 48.7 Å². The first-order chi connectivity index (χ1) is 14.9. The molecule has 1 unspecified atom stereocenters. The monoisotopic (exact) mass is 441 g/mol. The van der Waals surface area contributed by atoms with Crippen LogP contribution in [-0.4, -0.2) is 28.2 Å². The molecule has 0 fully saturated rings. The molecule has 1 aromatic heterocycles. The Morgan fingerprint density at radius 3 is 2.77 bits per heavy atom. The largest absolute Gasteiger partial charge is 0.335 e. The van der Waals surface area contributed by atoms with Crippen LogP contribution in [0.25, 0.3) is 0 Å². The minimum absolute atomic E-state index is 0.0598. The Balaban J connectivity index is 1.44. The molecular formula is C23H21F2N3O2S. The number of hydrogen-bond donors (Lipinski definition) is 1. The standard InChI is InChI=1S/C23H21F2N3O2S/c1-14(29)28-9-8-16-4-2-3-5-18(16)21(28)12-22(30)27-23-26-13-17(31-23)10-15-6-7-19(24)20(25)11-15/h2-7,11,13,21H,8-10,12H2,1H3,(H,26,27,30). The molecule has 2 amide bonds. The molecule has 4 rings (SSSR count). The smallest absolute Gasteiger partial charge is 0.228 e.